The maximum absolute atomic E-state index is 11.3. The van der Waals surface area contributed by atoms with E-state index < -0.39 is 10.0 Å². The van der Waals surface area contributed by atoms with Crippen molar-refractivity contribution in [2.75, 3.05) is 25.9 Å². The number of aromatic amines is 1. The molecule has 15 heavy (non-hydrogen) atoms. The molecule has 1 aromatic heterocycles. The molecule has 86 valence electrons. The molecule has 0 aliphatic heterocycles. The summed E-state index contributed by atoms with van der Waals surface area (Å²) in [7, 11) is -1.43. The monoisotopic (exact) mass is 232 g/mol. The molecule has 0 bridgehead atoms. The number of aromatic nitrogens is 2. The quantitative estimate of drug-likeness (QED) is 0.568. The minimum absolute atomic E-state index is 0.0989. The van der Waals surface area contributed by atoms with Gasteiger partial charge in [0, 0.05) is 31.9 Å². The second-order valence-corrected chi connectivity index (χ2v) is 5.03. The van der Waals surface area contributed by atoms with Crippen LogP contribution in [0.4, 0.5) is 0 Å². The molecular formula is C8H16N4O2S. The molecule has 0 spiro atoms. The summed E-state index contributed by atoms with van der Waals surface area (Å²) >= 11 is 0. The lowest BCUT2D eigenvalue weighted by Gasteiger charge is -2.04. The van der Waals surface area contributed by atoms with Crippen LogP contribution in [0.1, 0.15) is 5.82 Å². The van der Waals surface area contributed by atoms with Crippen molar-refractivity contribution in [3.63, 3.8) is 0 Å². The Bertz CT molecular complexity index is 360. The first kappa shape index (κ1) is 12.2. The molecule has 0 atom stereocenters. The minimum Gasteiger partial charge on any atom is -0.349 e. The Morgan fingerprint density at radius 2 is 2.27 bits per heavy atom. The second kappa shape index (κ2) is 5.84. The first-order valence-electron chi connectivity index (χ1n) is 4.74. The van der Waals surface area contributed by atoms with Crippen molar-refractivity contribution in [2.45, 2.75) is 6.42 Å². The highest BCUT2D eigenvalue weighted by molar-refractivity contribution is 7.89. The standard InChI is InChI=1S/C8H16N4O2S/c1-9-6-7-15(13,14)12-3-2-8-10-4-5-11-8/h4-5,9,12H,2-3,6-7H2,1H3,(H,10,11). The van der Waals surface area contributed by atoms with E-state index in [0.717, 1.165) is 5.82 Å². The smallest absolute Gasteiger partial charge is 0.212 e. The van der Waals surface area contributed by atoms with Crippen LogP contribution in [0.5, 0.6) is 0 Å². The summed E-state index contributed by atoms with van der Waals surface area (Å²) in [5.41, 5.74) is 0. The zero-order chi connectivity index (χ0) is 11.1. The van der Waals surface area contributed by atoms with Crippen LogP contribution in [0.3, 0.4) is 0 Å². The molecule has 0 amide bonds. The molecule has 0 fully saturated rings. The zero-order valence-electron chi connectivity index (χ0n) is 8.66. The van der Waals surface area contributed by atoms with Crippen molar-refractivity contribution < 1.29 is 8.42 Å². The van der Waals surface area contributed by atoms with E-state index in [1.807, 2.05) is 0 Å². The van der Waals surface area contributed by atoms with E-state index in [9.17, 15) is 8.42 Å². The predicted molar refractivity (Wildman–Crippen MR) is 58.0 cm³/mol. The summed E-state index contributed by atoms with van der Waals surface area (Å²) in [6, 6.07) is 0. The third-order valence-corrected chi connectivity index (χ3v) is 3.24. The molecule has 0 aliphatic carbocycles. The summed E-state index contributed by atoms with van der Waals surface area (Å²) in [5.74, 6) is 0.882. The zero-order valence-corrected chi connectivity index (χ0v) is 9.47. The van der Waals surface area contributed by atoms with Gasteiger partial charge in [-0.2, -0.15) is 0 Å². The highest BCUT2D eigenvalue weighted by Crippen LogP contribution is 1.90. The van der Waals surface area contributed by atoms with Gasteiger partial charge in [-0.25, -0.2) is 18.1 Å². The van der Waals surface area contributed by atoms with Gasteiger partial charge >= 0.3 is 0 Å². The van der Waals surface area contributed by atoms with E-state index >= 15 is 0 Å². The van der Waals surface area contributed by atoms with Crippen molar-refractivity contribution in [3.8, 4) is 0 Å². The van der Waals surface area contributed by atoms with Gasteiger partial charge in [-0.3, -0.25) is 0 Å². The molecule has 1 heterocycles. The maximum atomic E-state index is 11.3. The summed E-state index contributed by atoms with van der Waals surface area (Å²) in [6.07, 6.45) is 3.93. The predicted octanol–water partition coefficient (Wildman–Crippen LogP) is -0.909. The lowest BCUT2D eigenvalue weighted by atomic mass is 10.4. The van der Waals surface area contributed by atoms with Gasteiger partial charge in [-0.05, 0) is 7.05 Å². The fourth-order valence-corrected chi connectivity index (χ4v) is 2.10. The minimum atomic E-state index is -3.15. The Labute approximate surface area is 89.5 Å². The molecule has 1 aromatic rings. The summed E-state index contributed by atoms with van der Waals surface area (Å²) in [6.45, 7) is 0.829. The molecule has 0 radical (unpaired) electrons. The van der Waals surface area contributed by atoms with Gasteiger partial charge in [-0.15, -0.1) is 0 Å². The van der Waals surface area contributed by atoms with E-state index in [2.05, 4.69) is 20.0 Å². The van der Waals surface area contributed by atoms with Crippen molar-refractivity contribution in [1.29, 1.82) is 0 Å². The first-order chi connectivity index (χ1) is 7.14. The number of hydrogen-bond acceptors (Lipinski definition) is 4. The Morgan fingerprint density at radius 1 is 1.47 bits per heavy atom. The Balaban J connectivity index is 2.24. The molecule has 0 aliphatic rings. The average Bonchev–Trinajstić information content (AvgIpc) is 2.67. The molecule has 1 rings (SSSR count). The number of nitrogens with zero attached hydrogens (tertiary/aromatic N) is 1. The number of imidazole rings is 1. The van der Waals surface area contributed by atoms with Crippen LogP contribution in [0, 0.1) is 0 Å². The van der Waals surface area contributed by atoms with Gasteiger partial charge in [0.2, 0.25) is 10.0 Å². The fraction of sp³-hybridized carbons (Fsp3) is 0.625. The topological polar surface area (TPSA) is 86.9 Å². The summed E-state index contributed by atoms with van der Waals surface area (Å²) in [5, 5.41) is 2.79. The van der Waals surface area contributed by atoms with Gasteiger partial charge < -0.3 is 10.3 Å². The molecule has 0 saturated carbocycles. The van der Waals surface area contributed by atoms with Crippen molar-refractivity contribution in [1.82, 2.24) is 20.0 Å². The van der Waals surface area contributed by atoms with Gasteiger partial charge in [0.15, 0.2) is 0 Å². The van der Waals surface area contributed by atoms with Crippen LogP contribution < -0.4 is 10.0 Å². The van der Waals surface area contributed by atoms with Gasteiger partial charge in [0.1, 0.15) is 5.82 Å². The van der Waals surface area contributed by atoms with Crippen LogP contribution in [-0.4, -0.2) is 44.3 Å². The number of sulfonamides is 1. The average molecular weight is 232 g/mol. The van der Waals surface area contributed by atoms with Crippen molar-refractivity contribution >= 4 is 10.0 Å². The van der Waals surface area contributed by atoms with Crippen LogP contribution in [0.2, 0.25) is 0 Å². The molecule has 6 nitrogen and oxygen atoms in total. The van der Waals surface area contributed by atoms with Crippen molar-refractivity contribution in [2.24, 2.45) is 0 Å². The molecule has 0 unspecified atom stereocenters. The number of rotatable bonds is 7. The summed E-state index contributed by atoms with van der Waals surface area (Å²) in [4.78, 5) is 6.90. The first-order valence-corrected chi connectivity index (χ1v) is 6.39. The second-order valence-electron chi connectivity index (χ2n) is 3.10. The highest BCUT2D eigenvalue weighted by atomic mass is 32.2. The van der Waals surface area contributed by atoms with Crippen molar-refractivity contribution in [3.05, 3.63) is 18.2 Å². The van der Waals surface area contributed by atoms with Crippen LogP contribution in [0.15, 0.2) is 12.4 Å². The molecule has 0 aromatic carbocycles. The Morgan fingerprint density at radius 3 is 2.87 bits per heavy atom. The molecule has 7 heteroatoms. The van der Waals surface area contributed by atoms with Gasteiger partial charge in [-0.1, -0.05) is 0 Å². The van der Waals surface area contributed by atoms with Crippen LogP contribution in [-0.2, 0) is 16.4 Å². The van der Waals surface area contributed by atoms with E-state index in [4.69, 9.17) is 0 Å². The largest absolute Gasteiger partial charge is 0.349 e. The SMILES string of the molecule is CNCCS(=O)(=O)NCCc1ncc[nH]1. The number of nitrogens with one attached hydrogen (secondary N) is 3. The van der Waals surface area contributed by atoms with E-state index in [1.165, 1.54) is 0 Å². The van der Waals surface area contributed by atoms with Gasteiger partial charge in [0.25, 0.3) is 0 Å². The Kier molecular flexibility index (Phi) is 4.73. The third-order valence-electron chi connectivity index (χ3n) is 1.86. The fourth-order valence-electron chi connectivity index (χ4n) is 1.07. The van der Waals surface area contributed by atoms with Crippen LogP contribution in [0.25, 0.3) is 0 Å². The Hall–Kier alpha value is -0.920. The third kappa shape index (κ3) is 4.91. The lowest BCUT2D eigenvalue weighted by molar-refractivity contribution is 0.578. The van der Waals surface area contributed by atoms with Crippen LogP contribution >= 0.6 is 0 Å². The molecule has 0 saturated heterocycles. The molecular weight excluding hydrogens is 216 g/mol. The number of hydrogen-bond donors (Lipinski definition) is 3. The van der Waals surface area contributed by atoms with Gasteiger partial charge in [0.05, 0.1) is 5.75 Å². The summed E-state index contributed by atoms with van der Waals surface area (Å²) < 4.78 is 25.2. The lowest BCUT2D eigenvalue weighted by Crippen LogP contribution is -2.32. The normalized spacial score (nSPS) is 11.8. The highest BCUT2D eigenvalue weighted by Gasteiger charge is 2.08. The number of H-pyrrole nitrogens is 1. The van der Waals surface area contributed by atoms with E-state index in [1.54, 1.807) is 19.4 Å². The molecule has 3 N–H and O–H groups in total. The maximum Gasteiger partial charge on any atom is 0.212 e. The van der Waals surface area contributed by atoms with E-state index in [-0.39, 0.29) is 5.75 Å². The van der Waals surface area contributed by atoms with E-state index in [0.29, 0.717) is 19.5 Å².